The topological polar surface area (TPSA) is 87.9 Å². The number of imide groups is 1. The number of carbonyl (C=O) groups excluding carboxylic acids is 2. The highest BCUT2D eigenvalue weighted by atomic mass is 16.5. The molecule has 2 fully saturated rings. The number of nitrogens with zero attached hydrogens (tertiary/aromatic N) is 2. The molecule has 7 nitrogen and oxygen atoms in total. The molecule has 0 aliphatic carbocycles. The summed E-state index contributed by atoms with van der Waals surface area (Å²) in [5, 5.41) is 2.52. The van der Waals surface area contributed by atoms with Crippen LogP contribution >= 0.6 is 0 Å². The van der Waals surface area contributed by atoms with Gasteiger partial charge in [0.1, 0.15) is 0 Å². The van der Waals surface area contributed by atoms with Crippen LogP contribution in [0.4, 0.5) is 4.79 Å². The molecule has 2 rings (SSSR count). The van der Waals surface area contributed by atoms with Gasteiger partial charge in [-0.1, -0.05) is 0 Å². The number of hydrogen-bond acceptors (Lipinski definition) is 5. The summed E-state index contributed by atoms with van der Waals surface area (Å²) in [6, 6.07) is -0.0273. The predicted molar refractivity (Wildman–Crippen MR) is 69.6 cm³/mol. The van der Waals surface area contributed by atoms with E-state index in [9.17, 15) is 9.59 Å². The monoisotopic (exact) mass is 270 g/mol. The van der Waals surface area contributed by atoms with Crippen molar-refractivity contribution in [2.45, 2.75) is 25.0 Å². The maximum atomic E-state index is 11.5. The molecule has 108 valence electrons. The number of methoxy groups -OCH3 is 1. The molecular weight excluding hydrogens is 248 g/mol. The minimum Gasteiger partial charge on any atom is -0.381 e. The van der Waals surface area contributed by atoms with Gasteiger partial charge in [-0.2, -0.15) is 0 Å². The fourth-order valence-electron chi connectivity index (χ4n) is 2.73. The van der Waals surface area contributed by atoms with E-state index < -0.39 is 0 Å². The second kappa shape index (κ2) is 6.31. The maximum absolute atomic E-state index is 11.5. The molecule has 2 saturated heterocycles. The number of amides is 3. The normalized spacial score (nSPS) is 28.8. The molecule has 0 saturated carbocycles. The van der Waals surface area contributed by atoms with Gasteiger partial charge in [-0.25, -0.2) is 4.79 Å². The highest BCUT2D eigenvalue weighted by Gasteiger charge is 2.31. The summed E-state index contributed by atoms with van der Waals surface area (Å²) in [6.07, 6.45) is 2.14. The molecule has 0 bridgehead atoms. The summed E-state index contributed by atoms with van der Waals surface area (Å²) in [5.74, 6) is -0.152. The van der Waals surface area contributed by atoms with Crippen LogP contribution in [0.1, 0.15) is 12.8 Å². The standard InChI is InChI=1S/C12H22N4O3/c1-19-10-2-3-15(9(6-10)7-13)4-5-16-11(17)8-14-12(16)18/h9-10H,2-8,13H2,1H3,(H,14,18). The number of carbonyl (C=O) groups is 2. The number of ether oxygens (including phenoxy) is 1. The van der Waals surface area contributed by atoms with E-state index >= 15 is 0 Å². The summed E-state index contributed by atoms with van der Waals surface area (Å²) >= 11 is 0. The predicted octanol–water partition coefficient (Wildman–Crippen LogP) is -1.02. The molecule has 2 heterocycles. The van der Waals surface area contributed by atoms with Gasteiger partial charge in [-0.05, 0) is 12.8 Å². The zero-order valence-corrected chi connectivity index (χ0v) is 11.3. The Kier molecular flexibility index (Phi) is 4.73. The third-order valence-corrected chi connectivity index (χ3v) is 3.94. The molecule has 0 aromatic heterocycles. The lowest BCUT2D eigenvalue weighted by Crippen LogP contribution is -2.51. The van der Waals surface area contributed by atoms with Crippen molar-refractivity contribution in [2.24, 2.45) is 5.73 Å². The number of piperidine rings is 1. The van der Waals surface area contributed by atoms with Gasteiger partial charge in [0.15, 0.2) is 0 Å². The molecule has 19 heavy (non-hydrogen) atoms. The first-order valence-corrected chi connectivity index (χ1v) is 6.70. The number of hydrogen-bond donors (Lipinski definition) is 2. The number of nitrogens with one attached hydrogen (secondary N) is 1. The zero-order chi connectivity index (χ0) is 13.8. The first kappa shape index (κ1) is 14.2. The van der Waals surface area contributed by atoms with Crippen molar-refractivity contribution in [3.05, 3.63) is 0 Å². The van der Waals surface area contributed by atoms with Crippen molar-refractivity contribution < 1.29 is 14.3 Å². The average molecular weight is 270 g/mol. The fraction of sp³-hybridized carbons (Fsp3) is 0.833. The summed E-state index contributed by atoms with van der Waals surface area (Å²) in [6.45, 7) is 2.69. The van der Waals surface area contributed by atoms with Gasteiger partial charge < -0.3 is 15.8 Å². The number of urea groups is 1. The second-order valence-corrected chi connectivity index (χ2v) is 5.01. The first-order valence-electron chi connectivity index (χ1n) is 6.70. The zero-order valence-electron chi connectivity index (χ0n) is 11.3. The highest BCUT2D eigenvalue weighted by molar-refractivity contribution is 6.01. The molecule has 3 N–H and O–H groups in total. The van der Waals surface area contributed by atoms with Gasteiger partial charge >= 0.3 is 6.03 Å². The largest absolute Gasteiger partial charge is 0.381 e. The smallest absolute Gasteiger partial charge is 0.324 e. The molecular formula is C12H22N4O3. The molecule has 0 aromatic carbocycles. The Balaban J connectivity index is 1.85. The minimum absolute atomic E-state index is 0.116. The average Bonchev–Trinajstić information content (AvgIpc) is 2.75. The molecule has 7 heteroatoms. The van der Waals surface area contributed by atoms with Crippen LogP contribution in [0.15, 0.2) is 0 Å². The van der Waals surface area contributed by atoms with Crippen LogP contribution in [0.25, 0.3) is 0 Å². The van der Waals surface area contributed by atoms with E-state index in [-0.39, 0.29) is 30.6 Å². The van der Waals surface area contributed by atoms with Crippen LogP contribution in [0.5, 0.6) is 0 Å². The second-order valence-electron chi connectivity index (χ2n) is 5.01. The summed E-state index contributed by atoms with van der Waals surface area (Å²) in [7, 11) is 1.72. The van der Waals surface area contributed by atoms with E-state index in [1.54, 1.807) is 7.11 Å². The number of rotatable bonds is 5. The first-order chi connectivity index (χ1) is 9.15. The molecule has 0 aromatic rings. The van der Waals surface area contributed by atoms with Crippen LogP contribution in [-0.2, 0) is 9.53 Å². The Bertz CT molecular complexity index is 334. The summed E-state index contributed by atoms with van der Waals surface area (Å²) < 4.78 is 5.37. The number of likely N-dealkylation sites (tertiary alicyclic amines) is 1. The lowest BCUT2D eigenvalue weighted by Gasteiger charge is -2.38. The van der Waals surface area contributed by atoms with Crippen molar-refractivity contribution in [3.63, 3.8) is 0 Å². The summed E-state index contributed by atoms with van der Waals surface area (Å²) in [5.41, 5.74) is 5.79. The van der Waals surface area contributed by atoms with Crippen molar-refractivity contribution in [1.29, 1.82) is 0 Å². The van der Waals surface area contributed by atoms with Crippen LogP contribution < -0.4 is 11.1 Å². The Hall–Kier alpha value is -1.18. The van der Waals surface area contributed by atoms with Gasteiger partial charge in [-0.3, -0.25) is 14.6 Å². The van der Waals surface area contributed by atoms with Gasteiger partial charge in [0.2, 0.25) is 5.91 Å². The Morgan fingerprint density at radius 3 is 2.79 bits per heavy atom. The van der Waals surface area contributed by atoms with Crippen molar-refractivity contribution in [1.82, 2.24) is 15.1 Å². The van der Waals surface area contributed by atoms with Gasteiger partial charge in [0.05, 0.1) is 12.6 Å². The quantitative estimate of drug-likeness (QED) is 0.624. The third-order valence-electron chi connectivity index (χ3n) is 3.94. The maximum Gasteiger partial charge on any atom is 0.324 e. The van der Waals surface area contributed by atoms with E-state index in [0.717, 1.165) is 19.4 Å². The van der Waals surface area contributed by atoms with E-state index in [2.05, 4.69) is 10.2 Å². The third kappa shape index (κ3) is 3.23. The van der Waals surface area contributed by atoms with E-state index in [4.69, 9.17) is 10.5 Å². The SMILES string of the molecule is COC1CCN(CCN2C(=O)CNC2=O)C(CN)C1. The van der Waals surface area contributed by atoms with Crippen molar-refractivity contribution in [2.75, 3.05) is 39.8 Å². The lowest BCUT2D eigenvalue weighted by molar-refractivity contribution is -0.125. The molecule has 2 unspecified atom stereocenters. The van der Waals surface area contributed by atoms with E-state index in [0.29, 0.717) is 19.6 Å². The highest BCUT2D eigenvalue weighted by Crippen LogP contribution is 2.19. The minimum atomic E-state index is -0.291. The van der Waals surface area contributed by atoms with E-state index in [1.165, 1.54) is 4.90 Å². The lowest BCUT2D eigenvalue weighted by atomic mass is 9.99. The van der Waals surface area contributed by atoms with Crippen LogP contribution in [0, 0.1) is 0 Å². The Morgan fingerprint density at radius 1 is 1.42 bits per heavy atom. The fourth-order valence-corrected chi connectivity index (χ4v) is 2.73. The van der Waals surface area contributed by atoms with Gasteiger partial charge in [-0.15, -0.1) is 0 Å². The molecule has 2 aliphatic rings. The molecule has 3 amide bonds. The molecule has 0 radical (unpaired) electrons. The molecule has 2 atom stereocenters. The van der Waals surface area contributed by atoms with Gasteiger partial charge in [0.25, 0.3) is 0 Å². The number of nitrogens with two attached hydrogens (primary N) is 1. The Morgan fingerprint density at radius 2 is 2.21 bits per heavy atom. The molecule has 0 spiro atoms. The van der Waals surface area contributed by atoms with Crippen molar-refractivity contribution in [3.8, 4) is 0 Å². The van der Waals surface area contributed by atoms with E-state index in [1.807, 2.05) is 0 Å². The summed E-state index contributed by atoms with van der Waals surface area (Å²) in [4.78, 5) is 26.4. The molecule has 2 aliphatic heterocycles. The Labute approximate surface area is 113 Å². The van der Waals surface area contributed by atoms with Crippen LogP contribution in [-0.4, -0.2) is 73.7 Å². The van der Waals surface area contributed by atoms with Gasteiger partial charge in [0, 0.05) is 39.3 Å². The van der Waals surface area contributed by atoms with Crippen molar-refractivity contribution >= 4 is 11.9 Å². The van der Waals surface area contributed by atoms with Crippen LogP contribution in [0.2, 0.25) is 0 Å². The van der Waals surface area contributed by atoms with Crippen LogP contribution in [0.3, 0.4) is 0 Å².